The summed E-state index contributed by atoms with van der Waals surface area (Å²) >= 11 is 0. The molecule has 1 N–H and O–H groups in total. The van der Waals surface area contributed by atoms with Crippen molar-refractivity contribution < 1.29 is 9.47 Å². The van der Waals surface area contributed by atoms with Gasteiger partial charge in [0, 0.05) is 19.9 Å². The van der Waals surface area contributed by atoms with Gasteiger partial charge in [-0.2, -0.15) is 0 Å². The van der Waals surface area contributed by atoms with Crippen LogP contribution in [0.3, 0.4) is 0 Å². The van der Waals surface area contributed by atoms with Crippen molar-refractivity contribution >= 4 is 0 Å². The largest absolute Gasteiger partial charge is 0.495 e. The van der Waals surface area contributed by atoms with E-state index in [0.717, 1.165) is 31.0 Å². The van der Waals surface area contributed by atoms with Crippen molar-refractivity contribution in [3.05, 3.63) is 24.0 Å². The number of hydrogen-bond donors (Lipinski definition) is 1. The zero-order valence-corrected chi connectivity index (χ0v) is 11.8. The monoisotopic (exact) mass is 252 g/mol. The van der Waals surface area contributed by atoms with E-state index in [9.17, 15) is 0 Å². The second kappa shape index (κ2) is 8.06. The van der Waals surface area contributed by atoms with Crippen molar-refractivity contribution in [2.45, 2.75) is 26.3 Å². The number of methoxy groups -OCH3 is 2. The fraction of sp³-hybridized carbons (Fsp3) is 0.643. The summed E-state index contributed by atoms with van der Waals surface area (Å²) in [7, 11) is 3.42. The van der Waals surface area contributed by atoms with Crippen molar-refractivity contribution in [3.63, 3.8) is 0 Å². The van der Waals surface area contributed by atoms with Gasteiger partial charge in [0.25, 0.3) is 0 Å². The summed E-state index contributed by atoms with van der Waals surface area (Å²) in [5.41, 5.74) is 0.977. The molecule has 1 aromatic heterocycles. The molecule has 1 aromatic rings. The number of ether oxygens (including phenoxy) is 2. The Hall–Kier alpha value is -1.13. The molecule has 2 unspecified atom stereocenters. The van der Waals surface area contributed by atoms with Gasteiger partial charge in [-0.15, -0.1) is 0 Å². The third-order valence-corrected chi connectivity index (χ3v) is 2.89. The Balaban J connectivity index is 2.82. The van der Waals surface area contributed by atoms with Crippen LogP contribution in [-0.2, 0) is 4.74 Å². The molecule has 0 radical (unpaired) electrons. The van der Waals surface area contributed by atoms with Crippen LogP contribution in [0.5, 0.6) is 5.75 Å². The minimum Gasteiger partial charge on any atom is -0.495 e. The van der Waals surface area contributed by atoms with Gasteiger partial charge in [0.1, 0.15) is 5.75 Å². The number of nitrogens with zero attached hydrogens (tertiary/aromatic N) is 1. The first-order valence-electron chi connectivity index (χ1n) is 6.44. The molecular formula is C14H24N2O2. The average Bonchev–Trinajstić information content (AvgIpc) is 2.38. The highest BCUT2D eigenvalue weighted by Gasteiger charge is 2.19. The second-order valence-electron chi connectivity index (χ2n) is 4.50. The molecule has 0 aliphatic heterocycles. The SMILES string of the molecule is CCNC(CC(C)COC)c1ncccc1OC. The molecule has 4 nitrogen and oxygen atoms in total. The van der Waals surface area contributed by atoms with Crippen LogP contribution in [0.4, 0.5) is 0 Å². The zero-order valence-electron chi connectivity index (χ0n) is 11.8. The lowest BCUT2D eigenvalue weighted by atomic mass is 9.99. The minimum absolute atomic E-state index is 0.205. The van der Waals surface area contributed by atoms with Crippen LogP contribution in [0.25, 0.3) is 0 Å². The molecule has 1 rings (SSSR count). The van der Waals surface area contributed by atoms with Gasteiger partial charge >= 0.3 is 0 Å². The van der Waals surface area contributed by atoms with Crippen LogP contribution in [0, 0.1) is 5.92 Å². The van der Waals surface area contributed by atoms with Crippen LogP contribution >= 0.6 is 0 Å². The van der Waals surface area contributed by atoms with Gasteiger partial charge < -0.3 is 14.8 Å². The lowest BCUT2D eigenvalue weighted by molar-refractivity contribution is 0.149. The van der Waals surface area contributed by atoms with Gasteiger partial charge in [-0.25, -0.2) is 0 Å². The highest BCUT2D eigenvalue weighted by Crippen LogP contribution is 2.27. The third-order valence-electron chi connectivity index (χ3n) is 2.89. The van der Waals surface area contributed by atoms with E-state index >= 15 is 0 Å². The van der Waals surface area contributed by atoms with Crippen LogP contribution in [0.15, 0.2) is 18.3 Å². The molecule has 1 heterocycles. The minimum atomic E-state index is 0.205. The van der Waals surface area contributed by atoms with Crippen molar-refractivity contribution in [1.82, 2.24) is 10.3 Å². The van der Waals surface area contributed by atoms with Gasteiger partial charge in [-0.3, -0.25) is 4.98 Å². The highest BCUT2D eigenvalue weighted by atomic mass is 16.5. The first kappa shape index (κ1) is 14.9. The molecule has 0 spiro atoms. The molecule has 0 amide bonds. The van der Waals surface area contributed by atoms with Gasteiger partial charge in [-0.1, -0.05) is 13.8 Å². The van der Waals surface area contributed by atoms with E-state index in [1.807, 2.05) is 18.3 Å². The van der Waals surface area contributed by atoms with E-state index in [0.29, 0.717) is 5.92 Å². The number of pyridine rings is 1. The summed E-state index contributed by atoms with van der Waals surface area (Å²) in [4.78, 5) is 4.45. The van der Waals surface area contributed by atoms with Crippen LogP contribution in [0.1, 0.15) is 32.0 Å². The van der Waals surface area contributed by atoms with E-state index in [1.54, 1.807) is 14.2 Å². The predicted molar refractivity (Wildman–Crippen MR) is 72.9 cm³/mol. The Labute approximate surface area is 110 Å². The maximum absolute atomic E-state index is 5.38. The number of hydrogen-bond acceptors (Lipinski definition) is 4. The Bertz CT molecular complexity index is 344. The second-order valence-corrected chi connectivity index (χ2v) is 4.50. The fourth-order valence-electron chi connectivity index (χ4n) is 2.13. The number of aromatic nitrogens is 1. The van der Waals surface area contributed by atoms with Crippen LogP contribution in [0.2, 0.25) is 0 Å². The predicted octanol–water partition coefficient (Wildman–Crippen LogP) is 2.41. The fourth-order valence-corrected chi connectivity index (χ4v) is 2.13. The summed E-state index contributed by atoms with van der Waals surface area (Å²) in [6.07, 6.45) is 2.79. The van der Waals surface area contributed by atoms with Gasteiger partial charge in [0.2, 0.25) is 0 Å². The molecule has 0 aliphatic carbocycles. The van der Waals surface area contributed by atoms with E-state index in [2.05, 4.69) is 24.1 Å². The standard InChI is InChI=1S/C14H24N2O2/c1-5-15-12(9-11(2)10-17-3)14-13(18-4)7-6-8-16-14/h6-8,11-12,15H,5,9-10H2,1-4H3. The normalized spacial score (nSPS) is 14.2. The summed E-state index contributed by atoms with van der Waals surface area (Å²) in [5, 5.41) is 3.46. The lowest BCUT2D eigenvalue weighted by Gasteiger charge is -2.22. The maximum atomic E-state index is 5.38. The van der Waals surface area contributed by atoms with E-state index in [-0.39, 0.29) is 6.04 Å². The first-order chi connectivity index (χ1) is 8.72. The third kappa shape index (κ3) is 4.27. The molecule has 0 saturated carbocycles. The molecule has 4 heteroatoms. The molecule has 0 bridgehead atoms. The Morgan fingerprint density at radius 2 is 2.17 bits per heavy atom. The van der Waals surface area contributed by atoms with Crippen LogP contribution < -0.4 is 10.1 Å². The van der Waals surface area contributed by atoms with Gasteiger partial charge in [-0.05, 0) is 31.0 Å². The first-order valence-corrected chi connectivity index (χ1v) is 6.44. The zero-order chi connectivity index (χ0) is 13.4. The maximum Gasteiger partial charge on any atom is 0.141 e. The van der Waals surface area contributed by atoms with E-state index in [1.165, 1.54) is 0 Å². The average molecular weight is 252 g/mol. The van der Waals surface area contributed by atoms with Crippen molar-refractivity contribution in [2.75, 3.05) is 27.4 Å². The molecule has 18 heavy (non-hydrogen) atoms. The molecule has 102 valence electrons. The molecular weight excluding hydrogens is 228 g/mol. The Kier molecular flexibility index (Phi) is 6.68. The molecule has 0 fully saturated rings. The summed E-state index contributed by atoms with van der Waals surface area (Å²) in [6, 6.07) is 4.05. The molecule has 0 aliphatic rings. The Morgan fingerprint density at radius 3 is 2.78 bits per heavy atom. The van der Waals surface area contributed by atoms with Crippen molar-refractivity contribution in [1.29, 1.82) is 0 Å². The van der Waals surface area contributed by atoms with Gasteiger partial charge in [0.15, 0.2) is 0 Å². The van der Waals surface area contributed by atoms with Crippen molar-refractivity contribution in [3.8, 4) is 5.75 Å². The number of nitrogens with one attached hydrogen (secondary N) is 1. The quantitative estimate of drug-likeness (QED) is 0.771. The van der Waals surface area contributed by atoms with Crippen LogP contribution in [-0.4, -0.2) is 32.4 Å². The molecule has 0 saturated heterocycles. The highest BCUT2D eigenvalue weighted by molar-refractivity contribution is 5.29. The smallest absolute Gasteiger partial charge is 0.141 e. The molecule has 0 aromatic carbocycles. The summed E-state index contributed by atoms with van der Waals surface area (Å²) in [5.74, 6) is 1.32. The summed E-state index contributed by atoms with van der Waals surface area (Å²) in [6.45, 7) is 5.95. The topological polar surface area (TPSA) is 43.4 Å². The van der Waals surface area contributed by atoms with Gasteiger partial charge in [0.05, 0.1) is 18.8 Å². The van der Waals surface area contributed by atoms with E-state index < -0.39 is 0 Å². The van der Waals surface area contributed by atoms with E-state index in [4.69, 9.17) is 9.47 Å². The molecule has 2 atom stereocenters. The Morgan fingerprint density at radius 1 is 1.39 bits per heavy atom. The number of rotatable bonds is 8. The summed E-state index contributed by atoms with van der Waals surface area (Å²) < 4.78 is 10.6. The van der Waals surface area contributed by atoms with Crippen molar-refractivity contribution in [2.24, 2.45) is 5.92 Å². The lowest BCUT2D eigenvalue weighted by Crippen LogP contribution is -2.25.